The van der Waals surface area contributed by atoms with Crippen LogP contribution < -0.4 is 0 Å². The van der Waals surface area contributed by atoms with Crippen molar-refractivity contribution in [3.05, 3.63) is 63.6 Å². The molecule has 1 unspecified atom stereocenters. The smallest absolute Gasteiger partial charge is 0.0674 e. The Balaban J connectivity index is 1.92. The second-order valence-corrected chi connectivity index (χ2v) is 7.01. The van der Waals surface area contributed by atoms with E-state index in [2.05, 4.69) is 54.0 Å². The van der Waals surface area contributed by atoms with Crippen molar-refractivity contribution in [1.82, 2.24) is 0 Å². The topological polar surface area (TPSA) is 20.2 Å². The lowest BCUT2D eigenvalue weighted by molar-refractivity contribution is 0.200. The molecule has 0 aliphatic rings. The van der Waals surface area contributed by atoms with Gasteiger partial charge in [0.15, 0.2) is 0 Å². The van der Waals surface area contributed by atoms with E-state index in [1.165, 1.54) is 21.6 Å². The van der Waals surface area contributed by atoms with E-state index >= 15 is 0 Å². The summed E-state index contributed by atoms with van der Waals surface area (Å²) in [6.07, 6.45) is 0.383. The predicted octanol–water partition coefficient (Wildman–Crippen LogP) is 4.76. The zero-order valence-electron chi connectivity index (χ0n) is 11.8. The molecule has 20 heavy (non-hydrogen) atoms. The quantitative estimate of drug-likeness (QED) is 0.784. The minimum atomic E-state index is -0.326. The van der Waals surface area contributed by atoms with Crippen LogP contribution in [0.1, 0.15) is 16.7 Å². The number of aliphatic hydroxyl groups is 1. The average molecular weight is 351 g/mol. The Morgan fingerprint density at radius 3 is 2.40 bits per heavy atom. The summed E-state index contributed by atoms with van der Waals surface area (Å²) in [5.41, 5.74) is 3.72. The van der Waals surface area contributed by atoms with Crippen molar-refractivity contribution >= 4 is 27.7 Å². The van der Waals surface area contributed by atoms with Crippen molar-refractivity contribution in [1.29, 1.82) is 0 Å². The molecule has 0 radical (unpaired) electrons. The zero-order chi connectivity index (χ0) is 14.5. The molecule has 1 N–H and O–H groups in total. The van der Waals surface area contributed by atoms with Crippen LogP contribution in [0.2, 0.25) is 0 Å². The van der Waals surface area contributed by atoms with E-state index < -0.39 is 0 Å². The number of thioether (sulfide) groups is 1. The molecule has 0 spiro atoms. The van der Waals surface area contributed by atoms with E-state index in [0.717, 1.165) is 4.47 Å². The zero-order valence-corrected chi connectivity index (χ0v) is 14.2. The largest absolute Gasteiger partial charge is 0.392 e. The van der Waals surface area contributed by atoms with Crippen molar-refractivity contribution in [3.8, 4) is 0 Å². The molecule has 0 aliphatic carbocycles. The molecule has 0 fully saturated rings. The highest BCUT2D eigenvalue weighted by molar-refractivity contribution is 9.10. The molecular weight excluding hydrogens is 332 g/mol. The van der Waals surface area contributed by atoms with Crippen LogP contribution >= 0.6 is 27.7 Å². The van der Waals surface area contributed by atoms with Crippen LogP contribution in [0.15, 0.2) is 51.8 Å². The molecule has 0 aliphatic heterocycles. The lowest BCUT2D eigenvalue weighted by Crippen LogP contribution is -2.13. The van der Waals surface area contributed by atoms with Crippen LogP contribution in [0.4, 0.5) is 0 Å². The minimum Gasteiger partial charge on any atom is -0.392 e. The molecule has 1 atom stereocenters. The highest BCUT2D eigenvalue weighted by Crippen LogP contribution is 2.27. The third-order valence-electron chi connectivity index (χ3n) is 3.02. The Morgan fingerprint density at radius 2 is 1.75 bits per heavy atom. The normalized spacial score (nSPS) is 12.4. The van der Waals surface area contributed by atoms with Gasteiger partial charge >= 0.3 is 0 Å². The molecule has 3 heteroatoms. The molecule has 0 saturated heterocycles. The fourth-order valence-corrected chi connectivity index (χ4v) is 3.76. The Bertz CT molecular complexity index is 563. The first-order valence-electron chi connectivity index (χ1n) is 6.67. The third-order valence-corrected chi connectivity index (χ3v) is 5.19. The Morgan fingerprint density at radius 1 is 1.10 bits per heavy atom. The van der Waals surface area contributed by atoms with Crippen molar-refractivity contribution in [2.24, 2.45) is 0 Å². The fourth-order valence-electron chi connectivity index (χ4n) is 2.27. The van der Waals surface area contributed by atoms with Crippen molar-refractivity contribution in [2.75, 3.05) is 5.75 Å². The SMILES string of the molecule is Cc1cc(C)cc(CC(O)CSc2ccccc2Br)c1. The van der Waals surface area contributed by atoms with Crippen LogP contribution in [-0.4, -0.2) is 17.0 Å². The second kappa shape index (κ2) is 7.30. The summed E-state index contributed by atoms with van der Waals surface area (Å²) in [4.78, 5) is 1.17. The van der Waals surface area contributed by atoms with Gasteiger partial charge < -0.3 is 5.11 Å². The summed E-state index contributed by atoms with van der Waals surface area (Å²) in [6.45, 7) is 4.19. The number of aryl methyl sites for hydroxylation is 2. The van der Waals surface area contributed by atoms with Gasteiger partial charge in [0, 0.05) is 15.1 Å². The number of aliphatic hydroxyl groups excluding tert-OH is 1. The first-order valence-corrected chi connectivity index (χ1v) is 8.45. The molecule has 2 aromatic rings. The fraction of sp³-hybridized carbons (Fsp3) is 0.294. The molecule has 0 saturated carbocycles. The number of hydrogen-bond donors (Lipinski definition) is 1. The number of rotatable bonds is 5. The van der Waals surface area contributed by atoms with Crippen LogP contribution in [0.3, 0.4) is 0 Å². The number of halogens is 1. The van der Waals surface area contributed by atoms with Gasteiger partial charge in [0.25, 0.3) is 0 Å². The van der Waals surface area contributed by atoms with E-state index in [9.17, 15) is 5.11 Å². The van der Waals surface area contributed by atoms with E-state index in [0.29, 0.717) is 12.2 Å². The highest BCUT2D eigenvalue weighted by atomic mass is 79.9. The Kier molecular flexibility index (Phi) is 5.70. The maximum absolute atomic E-state index is 10.2. The van der Waals surface area contributed by atoms with Gasteiger partial charge in [0.2, 0.25) is 0 Å². The molecule has 0 heterocycles. The van der Waals surface area contributed by atoms with E-state index in [1.54, 1.807) is 11.8 Å². The lowest BCUT2D eigenvalue weighted by atomic mass is 10.0. The molecule has 0 aromatic heterocycles. The number of benzene rings is 2. The first kappa shape index (κ1) is 15.6. The monoisotopic (exact) mass is 350 g/mol. The van der Waals surface area contributed by atoms with Gasteiger partial charge in [-0.25, -0.2) is 0 Å². The summed E-state index contributed by atoms with van der Waals surface area (Å²) in [5.74, 6) is 0.704. The molecule has 0 amide bonds. The summed E-state index contributed by atoms with van der Waals surface area (Å²) in [6, 6.07) is 14.6. The Labute approximate surface area is 133 Å². The van der Waals surface area contributed by atoms with Gasteiger partial charge in [-0.2, -0.15) is 0 Å². The van der Waals surface area contributed by atoms with Gasteiger partial charge in [-0.05, 0) is 53.9 Å². The summed E-state index contributed by atoms with van der Waals surface area (Å²) in [7, 11) is 0. The van der Waals surface area contributed by atoms with Crippen LogP contribution in [0.5, 0.6) is 0 Å². The van der Waals surface area contributed by atoms with Gasteiger partial charge in [-0.15, -0.1) is 11.8 Å². The van der Waals surface area contributed by atoms with Crippen molar-refractivity contribution in [3.63, 3.8) is 0 Å². The van der Waals surface area contributed by atoms with E-state index in [4.69, 9.17) is 0 Å². The van der Waals surface area contributed by atoms with E-state index in [1.807, 2.05) is 18.2 Å². The average Bonchev–Trinajstić information content (AvgIpc) is 2.36. The molecule has 2 aromatic carbocycles. The van der Waals surface area contributed by atoms with Gasteiger partial charge in [-0.1, -0.05) is 41.5 Å². The summed E-state index contributed by atoms with van der Waals surface area (Å²) < 4.78 is 1.09. The minimum absolute atomic E-state index is 0.326. The van der Waals surface area contributed by atoms with Gasteiger partial charge in [0.1, 0.15) is 0 Å². The highest BCUT2D eigenvalue weighted by Gasteiger charge is 2.08. The summed E-state index contributed by atoms with van der Waals surface area (Å²) in [5, 5.41) is 10.2. The van der Waals surface area contributed by atoms with Crippen LogP contribution in [0, 0.1) is 13.8 Å². The van der Waals surface area contributed by atoms with Gasteiger partial charge in [0.05, 0.1) is 6.10 Å². The molecule has 1 nitrogen and oxygen atoms in total. The third kappa shape index (κ3) is 4.65. The maximum Gasteiger partial charge on any atom is 0.0674 e. The Hall–Kier alpha value is -0.770. The molecule has 0 bridgehead atoms. The summed E-state index contributed by atoms with van der Waals surface area (Å²) >= 11 is 5.22. The molecule has 106 valence electrons. The van der Waals surface area contributed by atoms with Crippen molar-refractivity contribution in [2.45, 2.75) is 31.3 Å². The first-order chi connectivity index (χ1) is 9.54. The molecule has 2 rings (SSSR count). The predicted molar refractivity (Wildman–Crippen MR) is 90.5 cm³/mol. The standard InChI is InChI=1S/C17H19BrOS/c1-12-7-13(2)9-14(8-12)10-15(19)11-20-17-6-4-3-5-16(17)18/h3-9,15,19H,10-11H2,1-2H3. The lowest BCUT2D eigenvalue weighted by Gasteiger charge is -2.12. The van der Waals surface area contributed by atoms with Crippen molar-refractivity contribution < 1.29 is 5.11 Å². The second-order valence-electron chi connectivity index (χ2n) is 5.10. The van der Waals surface area contributed by atoms with Crippen LogP contribution in [0.25, 0.3) is 0 Å². The van der Waals surface area contributed by atoms with Gasteiger partial charge in [-0.3, -0.25) is 0 Å². The number of hydrogen-bond acceptors (Lipinski definition) is 2. The van der Waals surface area contributed by atoms with Crippen LogP contribution in [-0.2, 0) is 6.42 Å². The molecular formula is C17H19BrOS. The van der Waals surface area contributed by atoms with E-state index in [-0.39, 0.29) is 6.10 Å². The maximum atomic E-state index is 10.2.